The maximum atomic E-state index is 4.15. The Hall–Kier alpha value is -0.990. The average molecular weight is 165 g/mol. The smallest absolute Gasteiger partial charge is 0.151 e. The molecule has 0 radical (unpaired) electrons. The number of nitrogens with one attached hydrogen (secondary N) is 2. The van der Waals surface area contributed by atoms with Crippen molar-refractivity contribution in [2.24, 2.45) is 5.92 Å². The van der Waals surface area contributed by atoms with Gasteiger partial charge >= 0.3 is 0 Å². The van der Waals surface area contributed by atoms with Crippen molar-refractivity contribution in [2.75, 3.05) is 5.32 Å². The lowest BCUT2D eigenvalue weighted by Gasteiger charge is -2.26. The van der Waals surface area contributed by atoms with Crippen LogP contribution in [0.5, 0.6) is 0 Å². The van der Waals surface area contributed by atoms with Crippen LogP contribution in [0.4, 0.5) is 5.82 Å². The van der Waals surface area contributed by atoms with Crippen LogP contribution in [0.1, 0.15) is 25.8 Å². The van der Waals surface area contributed by atoms with Gasteiger partial charge in [-0.2, -0.15) is 5.10 Å². The maximum absolute atomic E-state index is 4.15. The van der Waals surface area contributed by atoms with E-state index in [-0.39, 0.29) is 0 Å². The van der Waals surface area contributed by atoms with E-state index in [1.54, 1.807) is 0 Å². The third-order valence-corrected chi connectivity index (χ3v) is 2.57. The lowest BCUT2D eigenvalue weighted by molar-refractivity contribution is 0.482. The highest BCUT2D eigenvalue weighted by atomic mass is 15.2. The van der Waals surface area contributed by atoms with Crippen LogP contribution in [-0.2, 0) is 6.42 Å². The highest BCUT2D eigenvalue weighted by Gasteiger charge is 2.21. The number of H-pyrrole nitrogens is 1. The lowest BCUT2D eigenvalue weighted by atomic mass is 9.94. The third-order valence-electron chi connectivity index (χ3n) is 2.57. The number of anilines is 1. The number of rotatable bonds is 1. The fourth-order valence-electron chi connectivity index (χ4n) is 1.69. The van der Waals surface area contributed by atoms with Gasteiger partial charge in [-0.15, -0.1) is 0 Å². The molecule has 66 valence electrons. The quantitative estimate of drug-likeness (QED) is 0.666. The summed E-state index contributed by atoms with van der Waals surface area (Å²) in [5.74, 6) is 1.75. The van der Waals surface area contributed by atoms with Gasteiger partial charge in [0.05, 0.1) is 0 Å². The van der Waals surface area contributed by atoms with Crippen LogP contribution in [0.25, 0.3) is 0 Å². The molecule has 1 atom stereocenters. The van der Waals surface area contributed by atoms with Crippen molar-refractivity contribution in [3.63, 3.8) is 0 Å². The topological polar surface area (TPSA) is 40.7 Å². The summed E-state index contributed by atoms with van der Waals surface area (Å²) in [7, 11) is 0. The third kappa shape index (κ3) is 1.19. The Labute approximate surface area is 72.6 Å². The lowest BCUT2D eigenvalue weighted by Crippen LogP contribution is -2.29. The summed E-state index contributed by atoms with van der Waals surface area (Å²) >= 11 is 0. The predicted octanol–water partition coefficient (Wildman–Crippen LogP) is 1.79. The van der Waals surface area contributed by atoms with Crippen LogP contribution in [0.3, 0.4) is 0 Å². The summed E-state index contributed by atoms with van der Waals surface area (Å²) in [4.78, 5) is 0. The summed E-state index contributed by atoms with van der Waals surface area (Å²) in [6, 6.07) is 0.598. The van der Waals surface area contributed by atoms with Gasteiger partial charge in [-0.1, -0.05) is 13.8 Å². The van der Waals surface area contributed by atoms with E-state index in [0.29, 0.717) is 12.0 Å². The van der Waals surface area contributed by atoms with E-state index in [2.05, 4.69) is 29.4 Å². The van der Waals surface area contributed by atoms with E-state index in [0.717, 1.165) is 12.2 Å². The number of hydrogen-bond acceptors (Lipinski definition) is 2. The van der Waals surface area contributed by atoms with Crippen LogP contribution >= 0.6 is 0 Å². The van der Waals surface area contributed by atoms with Gasteiger partial charge in [0.25, 0.3) is 0 Å². The van der Waals surface area contributed by atoms with Crippen LogP contribution < -0.4 is 5.32 Å². The summed E-state index contributed by atoms with van der Waals surface area (Å²) in [6.45, 7) is 4.49. The molecular weight excluding hydrogens is 150 g/mol. The second kappa shape index (κ2) is 2.81. The molecule has 0 spiro atoms. The molecule has 0 aliphatic carbocycles. The monoisotopic (exact) mass is 165 g/mol. The molecular formula is C9H15N3. The van der Waals surface area contributed by atoms with Crippen LogP contribution in [0, 0.1) is 5.92 Å². The molecule has 3 heteroatoms. The van der Waals surface area contributed by atoms with Crippen LogP contribution in [0.15, 0.2) is 6.20 Å². The summed E-state index contributed by atoms with van der Waals surface area (Å²) in [6.07, 6.45) is 4.37. The van der Waals surface area contributed by atoms with Crippen molar-refractivity contribution in [1.29, 1.82) is 0 Å². The number of fused-ring (bicyclic) bond motifs is 1. The number of aryl methyl sites for hydroxylation is 1. The Morgan fingerprint density at radius 1 is 1.58 bits per heavy atom. The van der Waals surface area contributed by atoms with Gasteiger partial charge in [-0.25, -0.2) is 0 Å². The van der Waals surface area contributed by atoms with Gasteiger partial charge in [-0.05, 0) is 18.8 Å². The molecule has 0 bridgehead atoms. The maximum Gasteiger partial charge on any atom is 0.151 e. The van der Waals surface area contributed by atoms with E-state index in [1.165, 1.54) is 12.0 Å². The second-order valence-corrected chi connectivity index (χ2v) is 3.79. The Morgan fingerprint density at radius 3 is 3.17 bits per heavy atom. The van der Waals surface area contributed by atoms with E-state index in [9.17, 15) is 0 Å². The molecule has 1 aromatic heterocycles. The highest BCUT2D eigenvalue weighted by Crippen LogP contribution is 2.24. The van der Waals surface area contributed by atoms with Crippen molar-refractivity contribution in [1.82, 2.24) is 10.2 Å². The van der Waals surface area contributed by atoms with Crippen molar-refractivity contribution in [3.05, 3.63) is 11.8 Å². The van der Waals surface area contributed by atoms with Gasteiger partial charge in [0.15, 0.2) is 5.82 Å². The molecule has 0 fully saturated rings. The van der Waals surface area contributed by atoms with Gasteiger partial charge in [-0.3, -0.25) is 5.10 Å². The Bertz CT molecular complexity index is 264. The molecule has 2 rings (SSSR count). The van der Waals surface area contributed by atoms with E-state index in [4.69, 9.17) is 0 Å². The first-order valence-electron chi connectivity index (χ1n) is 4.56. The SMILES string of the molecule is CC(C)C1CCc2c[nH]nc2N1. The van der Waals surface area contributed by atoms with Crippen LogP contribution in [-0.4, -0.2) is 16.2 Å². The van der Waals surface area contributed by atoms with Crippen molar-refractivity contribution in [2.45, 2.75) is 32.7 Å². The predicted molar refractivity (Wildman–Crippen MR) is 49.2 cm³/mol. The molecule has 1 aliphatic rings. The molecule has 12 heavy (non-hydrogen) atoms. The second-order valence-electron chi connectivity index (χ2n) is 3.79. The van der Waals surface area contributed by atoms with Gasteiger partial charge in [0.1, 0.15) is 0 Å². The normalized spacial score (nSPS) is 22.1. The number of hydrogen-bond donors (Lipinski definition) is 2. The summed E-state index contributed by atoms with van der Waals surface area (Å²) in [5.41, 5.74) is 1.33. The van der Waals surface area contributed by atoms with Gasteiger partial charge in [0, 0.05) is 17.8 Å². The zero-order chi connectivity index (χ0) is 8.55. The molecule has 1 unspecified atom stereocenters. The first-order valence-corrected chi connectivity index (χ1v) is 4.56. The van der Waals surface area contributed by atoms with Crippen molar-refractivity contribution in [3.8, 4) is 0 Å². The van der Waals surface area contributed by atoms with Gasteiger partial charge < -0.3 is 5.32 Å². The molecule has 2 N–H and O–H groups in total. The minimum atomic E-state index is 0.598. The molecule has 0 aromatic carbocycles. The van der Waals surface area contributed by atoms with E-state index >= 15 is 0 Å². The first kappa shape index (κ1) is 7.65. The Balaban J connectivity index is 2.15. The fourth-order valence-corrected chi connectivity index (χ4v) is 1.69. The average Bonchev–Trinajstić information content (AvgIpc) is 2.49. The number of aromatic nitrogens is 2. The van der Waals surface area contributed by atoms with E-state index < -0.39 is 0 Å². The highest BCUT2D eigenvalue weighted by molar-refractivity contribution is 5.45. The minimum absolute atomic E-state index is 0.598. The minimum Gasteiger partial charge on any atom is -0.365 e. The van der Waals surface area contributed by atoms with Crippen molar-refractivity contribution >= 4 is 5.82 Å². The first-order chi connectivity index (χ1) is 5.77. The van der Waals surface area contributed by atoms with Gasteiger partial charge in [0.2, 0.25) is 0 Å². The number of nitrogens with zero attached hydrogens (tertiary/aromatic N) is 1. The summed E-state index contributed by atoms with van der Waals surface area (Å²) in [5, 5.41) is 10.5. The van der Waals surface area contributed by atoms with Crippen molar-refractivity contribution < 1.29 is 0 Å². The number of aromatic amines is 1. The zero-order valence-corrected chi connectivity index (χ0v) is 7.59. The Morgan fingerprint density at radius 2 is 2.42 bits per heavy atom. The van der Waals surface area contributed by atoms with E-state index in [1.807, 2.05) is 6.20 Å². The molecule has 0 saturated heterocycles. The molecule has 1 aliphatic heterocycles. The molecule has 3 nitrogen and oxygen atoms in total. The fraction of sp³-hybridized carbons (Fsp3) is 0.667. The zero-order valence-electron chi connectivity index (χ0n) is 7.59. The standard InChI is InChI=1S/C9H15N3/c1-6(2)8-4-3-7-5-10-12-9(7)11-8/h5-6,8H,3-4H2,1-2H3,(H2,10,11,12). The van der Waals surface area contributed by atoms with Crippen LogP contribution in [0.2, 0.25) is 0 Å². The largest absolute Gasteiger partial charge is 0.365 e. The molecule has 0 amide bonds. The molecule has 0 saturated carbocycles. The molecule has 2 heterocycles. The Kier molecular flexibility index (Phi) is 1.79. The molecule has 1 aromatic rings. The summed E-state index contributed by atoms with van der Waals surface area (Å²) < 4.78 is 0.